The van der Waals surface area contributed by atoms with Crippen molar-refractivity contribution in [3.05, 3.63) is 71.8 Å². The lowest BCUT2D eigenvalue weighted by molar-refractivity contribution is 0.301. The summed E-state index contributed by atoms with van der Waals surface area (Å²) in [5, 5.41) is 13.3. The molecule has 0 atom stereocenters. The van der Waals surface area contributed by atoms with Gasteiger partial charge in [0.2, 0.25) is 0 Å². The van der Waals surface area contributed by atoms with Crippen molar-refractivity contribution < 1.29 is 0 Å². The van der Waals surface area contributed by atoms with E-state index in [2.05, 4.69) is 119 Å². The number of benzene rings is 3. The van der Waals surface area contributed by atoms with Gasteiger partial charge in [-0.15, -0.1) is 5.11 Å². The second-order valence-corrected chi connectivity index (χ2v) is 11.1. The van der Waals surface area contributed by atoms with Crippen LogP contribution in [-0.4, -0.2) is 22.7 Å². The van der Waals surface area contributed by atoms with Crippen LogP contribution in [0.15, 0.2) is 71.0 Å². The molecule has 0 saturated carbocycles. The molecule has 0 saturated heterocycles. The summed E-state index contributed by atoms with van der Waals surface area (Å²) >= 11 is 0. The van der Waals surface area contributed by atoms with Gasteiger partial charge in [0.15, 0.2) is 0 Å². The van der Waals surface area contributed by atoms with Gasteiger partial charge in [-0.1, -0.05) is 58.9 Å². The molecule has 4 nitrogen and oxygen atoms in total. The zero-order chi connectivity index (χ0) is 24.7. The van der Waals surface area contributed by atoms with Gasteiger partial charge in [0.05, 0.1) is 16.7 Å². The normalized spacial score (nSPS) is 12.8. The van der Waals surface area contributed by atoms with Crippen LogP contribution >= 0.6 is 0 Å². The molecule has 0 aliphatic heterocycles. The average Bonchev–Trinajstić information content (AvgIpc) is 3.12. The molecule has 4 aromatic rings. The summed E-state index contributed by atoms with van der Waals surface area (Å²) in [6.45, 7) is 19.5. The Balaban J connectivity index is 1.89. The summed E-state index contributed by atoms with van der Waals surface area (Å²) in [5.41, 5.74) is 7.36. The van der Waals surface area contributed by atoms with Gasteiger partial charge in [-0.05, 0) is 84.3 Å². The lowest BCUT2D eigenvalue weighted by Gasteiger charge is -2.19. The standard InChI is InChI=1S/C30H38N4/c1-9-33(10-2)32-31-23-13-15-24(16-14-23)34-27-17-11-21(29(3,4)5)19-25(27)26-20-22(30(6,7)8)12-18-28(26)34/h11-20H,9-10H2,1-8H3. The second-order valence-electron chi connectivity index (χ2n) is 11.1. The van der Waals surface area contributed by atoms with Crippen molar-refractivity contribution in [3.8, 4) is 5.69 Å². The first-order valence-electron chi connectivity index (χ1n) is 12.4. The Hall–Kier alpha value is -3.14. The molecule has 0 N–H and O–H groups in total. The fourth-order valence-electron chi connectivity index (χ4n) is 4.37. The predicted octanol–water partition coefficient (Wildman–Crippen LogP) is 8.72. The van der Waals surface area contributed by atoms with Crippen LogP contribution in [0.3, 0.4) is 0 Å². The number of hydrogen-bond donors (Lipinski definition) is 0. The van der Waals surface area contributed by atoms with Crippen LogP contribution in [0.25, 0.3) is 27.5 Å². The maximum atomic E-state index is 4.41. The maximum Gasteiger partial charge on any atom is 0.0875 e. The Labute approximate surface area is 204 Å². The fraction of sp³-hybridized carbons (Fsp3) is 0.400. The van der Waals surface area contributed by atoms with E-state index in [0.29, 0.717) is 0 Å². The Bertz CT molecular complexity index is 1250. The summed E-state index contributed by atoms with van der Waals surface area (Å²) in [6.07, 6.45) is 0. The predicted molar refractivity (Wildman–Crippen MR) is 146 cm³/mol. The molecule has 0 bridgehead atoms. The van der Waals surface area contributed by atoms with E-state index in [9.17, 15) is 0 Å². The van der Waals surface area contributed by atoms with Crippen LogP contribution in [0.2, 0.25) is 0 Å². The van der Waals surface area contributed by atoms with Gasteiger partial charge in [0.25, 0.3) is 0 Å². The molecule has 4 heteroatoms. The van der Waals surface area contributed by atoms with Crippen LogP contribution in [-0.2, 0) is 10.8 Å². The largest absolute Gasteiger partial charge is 0.309 e. The first-order valence-corrected chi connectivity index (χ1v) is 12.4. The molecule has 0 aliphatic rings. The molecular weight excluding hydrogens is 416 g/mol. The number of fused-ring (bicyclic) bond motifs is 3. The smallest absolute Gasteiger partial charge is 0.0875 e. The number of aromatic nitrogens is 1. The fourth-order valence-corrected chi connectivity index (χ4v) is 4.37. The zero-order valence-electron chi connectivity index (χ0n) is 22.0. The van der Waals surface area contributed by atoms with Gasteiger partial charge in [-0.25, -0.2) is 0 Å². The van der Waals surface area contributed by atoms with E-state index in [1.165, 1.54) is 32.9 Å². The van der Waals surface area contributed by atoms with Crippen molar-refractivity contribution >= 4 is 27.5 Å². The molecule has 178 valence electrons. The summed E-state index contributed by atoms with van der Waals surface area (Å²) in [4.78, 5) is 0. The third-order valence-electron chi connectivity index (χ3n) is 6.62. The van der Waals surface area contributed by atoms with Crippen LogP contribution in [0, 0.1) is 0 Å². The van der Waals surface area contributed by atoms with E-state index in [1.54, 1.807) is 0 Å². The highest BCUT2D eigenvalue weighted by atomic mass is 15.5. The minimum absolute atomic E-state index is 0.0990. The van der Waals surface area contributed by atoms with E-state index in [-0.39, 0.29) is 10.8 Å². The molecule has 34 heavy (non-hydrogen) atoms. The average molecular weight is 455 g/mol. The first-order chi connectivity index (χ1) is 16.0. The van der Waals surface area contributed by atoms with Crippen LogP contribution in [0.4, 0.5) is 5.69 Å². The lowest BCUT2D eigenvalue weighted by atomic mass is 9.85. The van der Waals surface area contributed by atoms with E-state index < -0.39 is 0 Å². The van der Waals surface area contributed by atoms with Crippen molar-refractivity contribution in [1.29, 1.82) is 0 Å². The minimum atomic E-state index is 0.0990. The minimum Gasteiger partial charge on any atom is -0.309 e. The van der Waals surface area contributed by atoms with Crippen molar-refractivity contribution in [2.45, 2.75) is 66.2 Å². The molecule has 0 aliphatic carbocycles. The Morgan fingerprint density at radius 1 is 0.676 bits per heavy atom. The third-order valence-corrected chi connectivity index (χ3v) is 6.62. The number of rotatable bonds is 5. The maximum absolute atomic E-state index is 4.41. The van der Waals surface area contributed by atoms with Crippen LogP contribution in [0.1, 0.15) is 66.5 Å². The van der Waals surface area contributed by atoms with E-state index in [0.717, 1.165) is 24.5 Å². The number of nitrogens with zero attached hydrogens (tertiary/aromatic N) is 4. The molecule has 0 fully saturated rings. The van der Waals surface area contributed by atoms with Gasteiger partial charge in [0.1, 0.15) is 0 Å². The molecule has 0 spiro atoms. The van der Waals surface area contributed by atoms with Crippen LogP contribution < -0.4 is 0 Å². The van der Waals surface area contributed by atoms with Gasteiger partial charge in [-0.3, -0.25) is 5.01 Å². The number of hydrogen-bond acceptors (Lipinski definition) is 2. The van der Waals surface area contributed by atoms with Crippen molar-refractivity contribution in [2.24, 2.45) is 10.3 Å². The molecule has 0 radical (unpaired) electrons. The highest BCUT2D eigenvalue weighted by Gasteiger charge is 2.20. The van der Waals surface area contributed by atoms with Gasteiger partial charge < -0.3 is 4.57 Å². The van der Waals surface area contributed by atoms with Gasteiger partial charge >= 0.3 is 0 Å². The van der Waals surface area contributed by atoms with Crippen molar-refractivity contribution in [2.75, 3.05) is 13.1 Å². The zero-order valence-corrected chi connectivity index (χ0v) is 22.0. The second kappa shape index (κ2) is 8.90. The van der Waals surface area contributed by atoms with Crippen molar-refractivity contribution in [1.82, 2.24) is 9.58 Å². The summed E-state index contributed by atoms with van der Waals surface area (Å²) in [5.74, 6) is 0. The van der Waals surface area contributed by atoms with E-state index in [4.69, 9.17) is 0 Å². The Morgan fingerprint density at radius 2 is 1.15 bits per heavy atom. The molecule has 0 unspecified atom stereocenters. The quantitative estimate of drug-likeness (QED) is 0.219. The summed E-state index contributed by atoms with van der Waals surface area (Å²) < 4.78 is 2.37. The molecular formula is C30H38N4. The van der Waals surface area contributed by atoms with Gasteiger partial charge in [0, 0.05) is 29.5 Å². The molecule has 4 rings (SSSR count). The van der Waals surface area contributed by atoms with Crippen LogP contribution in [0.5, 0.6) is 0 Å². The highest BCUT2D eigenvalue weighted by molar-refractivity contribution is 6.09. The SMILES string of the molecule is CCN(CC)N=Nc1ccc(-n2c3ccc(C(C)(C)C)cc3c3cc(C(C)(C)C)ccc32)cc1. The lowest BCUT2D eigenvalue weighted by Crippen LogP contribution is -2.14. The topological polar surface area (TPSA) is 32.9 Å². The third kappa shape index (κ3) is 4.59. The van der Waals surface area contributed by atoms with E-state index >= 15 is 0 Å². The Kier molecular flexibility index (Phi) is 6.28. The summed E-state index contributed by atoms with van der Waals surface area (Å²) in [7, 11) is 0. The van der Waals surface area contributed by atoms with Gasteiger partial charge in [-0.2, -0.15) is 0 Å². The summed E-state index contributed by atoms with van der Waals surface area (Å²) in [6, 6.07) is 22.3. The molecule has 0 amide bonds. The molecule has 3 aromatic carbocycles. The molecule has 1 aromatic heterocycles. The first kappa shape index (κ1) is 24.0. The van der Waals surface area contributed by atoms with E-state index in [1.807, 2.05) is 17.1 Å². The van der Waals surface area contributed by atoms with Crippen molar-refractivity contribution in [3.63, 3.8) is 0 Å². The highest BCUT2D eigenvalue weighted by Crippen LogP contribution is 2.37. The monoisotopic (exact) mass is 454 g/mol. The Morgan fingerprint density at radius 3 is 1.56 bits per heavy atom. The molecule has 1 heterocycles.